The Labute approximate surface area is 187 Å². The second kappa shape index (κ2) is 8.43. The Morgan fingerprint density at radius 3 is 2.56 bits per heavy atom. The normalized spacial score (nSPS) is 17.7. The number of Topliss-reactive ketones (excluding diaryl/α,β-unsaturated/α-hetero) is 1. The van der Waals surface area contributed by atoms with E-state index in [1.807, 2.05) is 6.92 Å². The molecule has 0 bridgehead atoms. The van der Waals surface area contributed by atoms with Gasteiger partial charge >= 0.3 is 11.9 Å². The number of aromatic nitrogens is 1. The Morgan fingerprint density at radius 2 is 1.94 bits per heavy atom. The van der Waals surface area contributed by atoms with Gasteiger partial charge in [-0.05, 0) is 32.9 Å². The second-order valence-corrected chi connectivity index (χ2v) is 8.16. The summed E-state index contributed by atoms with van der Waals surface area (Å²) < 4.78 is 10.6. The average molecular weight is 452 g/mol. The molecule has 1 atom stereocenters. The number of ketones is 1. The molecule has 1 N–H and O–H groups in total. The van der Waals surface area contributed by atoms with E-state index in [-0.39, 0.29) is 33.7 Å². The van der Waals surface area contributed by atoms with Crippen LogP contribution >= 0.6 is 11.3 Å². The number of aliphatic hydroxyl groups is 1. The summed E-state index contributed by atoms with van der Waals surface area (Å²) in [6, 6.07) is 9.13. The van der Waals surface area contributed by atoms with Crippen LogP contribution in [-0.2, 0) is 14.3 Å². The fourth-order valence-electron chi connectivity index (χ4n) is 3.48. The molecule has 3 heterocycles. The molecule has 1 aliphatic heterocycles. The molecular formula is C23H20N2O6S. The Morgan fingerprint density at radius 1 is 1.22 bits per heavy atom. The summed E-state index contributed by atoms with van der Waals surface area (Å²) in [5.41, 5.74) is 1.64. The van der Waals surface area contributed by atoms with E-state index in [0.29, 0.717) is 11.3 Å². The minimum atomic E-state index is -1.04. The largest absolute Gasteiger partial charge is 0.507 e. The molecule has 9 heteroatoms. The van der Waals surface area contributed by atoms with Crippen LogP contribution in [0.4, 0.5) is 5.13 Å². The zero-order valence-electron chi connectivity index (χ0n) is 17.6. The van der Waals surface area contributed by atoms with Crippen LogP contribution in [0.1, 0.15) is 45.2 Å². The van der Waals surface area contributed by atoms with Crippen molar-refractivity contribution in [2.75, 3.05) is 11.5 Å². The first kappa shape index (κ1) is 21.5. The number of aryl methyl sites for hydroxylation is 2. The van der Waals surface area contributed by atoms with Gasteiger partial charge in [0.2, 0.25) is 0 Å². The number of esters is 1. The van der Waals surface area contributed by atoms with Crippen LogP contribution in [0.3, 0.4) is 0 Å². The lowest BCUT2D eigenvalue weighted by atomic mass is 9.99. The standard InChI is InChI=1S/C23H20N2O6S/c1-4-30-22(29)20-13(3)24-23(32-20)25-17(15-6-5-11-31-15)16(19(27)21(25)28)18(26)14-9-7-12(2)8-10-14/h5-11,17,26H,4H2,1-3H3/b18-16-. The first-order valence-electron chi connectivity index (χ1n) is 9.89. The van der Waals surface area contributed by atoms with E-state index in [0.717, 1.165) is 21.8 Å². The van der Waals surface area contributed by atoms with Gasteiger partial charge in [-0.2, -0.15) is 0 Å². The number of rotatable bonds is 5. The number of anilines is 1. The van der Waals surface area contributed by atoms with E-state index in [2.05, 4.69) is 4.98 Å². The molecule has 0 spiro atoms. The number of amides is 1. The highest BCUT2D eigenvalue weighted by Gasteiger charge is 2.49. The third-order valence-corrected chi connectivity index (χ3v) is 6.17. The third-order valence-electron chi connectivity index (χ3n) is 5.03. The van der Waals surface area contributed by atoms with Crippen molar-refractivity contribution >= 4 is 39.9 Å². The zero-order chi connectivity index (χ0) is 23.0. The van der Waals surface area contributed by atoms with E-state index < -0.39 is 23.7 Å². The van der Waals surface area contributed by atoms with Crippen molar-refractivity contribution in [3.8, 4) is 0 Å². The van der Waals surface area contributed by atoms with Crippen molar-refractivity contribution in [2.24, 2.45) is 0 Å². The minimum Gasteiger partial charge on any atom is -0.507 e. The quantitative estimate of drug-likeness (QED) is 0.268. The number of aliphatic hydroxyl groups excluding tert-OH is 1. The van der Waals surface area contributed by atoms with Gasteiger partial charge in [0.15, 0.2) is 5.13 Å². The Kier molecular flexibility index (Phi) is 5.67. The molecule has 1 aromatic carbocycles. The molecule has 0 saturated carbocycles. The van der Waals surface area contributed by atoms with E-state index in [9.17, 15) is 19.5 Å². The Hall–Kier alpha value is -3.72. The predicted molar refractivity (Wildman–Crippen MR) is 117 cm³/mol. The third kappa shape index (κ3) is 3.60. The molecule has 1 amide bonds. The number of benzene rings is 1. The smallest absolute Gasteiger partial charge is 0.350 e. The van der Waals surface area contributed by atoms with Crippen LogP contribution in [0.15, 0.2) is 52.7 Å². The maximum atomic E-state index is 13.1. The maximum Gasteiger partial charge on any atom is 0.350 e. The van der Waals surface area contributed by atoms with E-state index in [1.54, 1.807) is 50.2 Å². The highest BCUT2D eigenvalue weighted by Crippen LogP contribution is 2.44. The van der Waals surface area contributed by atoms with E-state index in [1.165, 1.54) is 6.26 Å². The van der Waals surface area contributed by atoms with Gasteiger partial charge in [-0.25, -0.2) is 9.78 Å². The summed E-state index contributed by atoms with van der Waals surface area (Å²) in [6.07, 6.45) is 1.42. The van der Waals surface area contributed by atoms with Crippen molar-refractivity contribution in [3.05, 3.63) is 75.7 Å². The number of hydrogen-bond acceptors (Lipinski definition) is 8. The summed E-state index contributed by atoms with van der Waals surface area (Å²) in [5.74, 6) is -2.33. The van der Waals surface area contributed by atoms with E-state index >= 15 is 0 Å². The van der Waals surface area contributed by atoms with Crippen LogP contribution in [-0.4, -0.2) is 34.4 Å². The molecule has 8 nitrogen and oxygen atoms in total. The molecule has 164 valence electrons. The monoisotopic (exact) mass is 452 g/mol. The topological polar surface area (TPSA) is 110 Å². The lowest BCUT2D eigenvalue weighted by Gasteiger charge is -2.20. The van der Waals surface area contributed by atoms with Crippen LogP contribution in [0.2, 0.25) is 0 Å². The van der Waals surface area contributed by atoms with Crippen LogP contribution in [0, 0.1) is 13.8 Å². The number of carbonyl (C=O) groups excluding carboxylic acids is 3. The number of ether oxygens (including phenoxy) is 1. The summed E-state index contributed by atoms with van der Waals surface area (Å²) in [5, 5.41) is 11.1. The van der Waals surface area contributed by atoms with Crippen molar-refractivity contribution < 1.29 is 28.6 Å². The molecule has 4 rings (SSSR count). The van der Waals surface area contributed by atoms with Crippen molar-refractivity contribution in [1.82, 2.24) is 4.98 Å². The number of carbonyl (C=O) groups is 3. The maximum absolute atomic E-state index is 13.1. The average Bonchev–Trinajstić information content (AvgIpc) is 3.48. The Bertz CT molecular complexity index is 1220. The van der Waals surface area contributed by atoms with Crippen LogP contribution in [0.5, 0.6) is 0 Å². The summed E-state index contributed by atoms with van der Waals surface area (Å²) in [7, 11) is 0. The summed E-state index contributed by atoms with van der Waals surface area (Å²) in [4.78, 5) is 44.1. The number of thiazole rings is 1. The molecular weight excluding hydrogens is 432 g/mol. The minimum absolute atomic E-state index is 0.112. The molecule has 0 aliphatic carbocycles. The molecule has 3 aromatic rings. The predicted octanol–water partition coefficient (Wildman–Crippen LogP) is 4.16. The van der Waals surface area contributed by atoms with Gasteiger partial charge in [0.1, 0.15) is 22.4 Å². The lowest BCUT2D eigenvalue weighted by molar-refractivity contribution is -0.132. The van der Waals surface area contributed by atoms with Gasteiger partial charge in [-0.1, -0.05) is 41.2 Å². The fourth-order valence-corrected chi connectivity index (χ4v) is 4.47. The van der Waals surface area contributed by atoms with E-state index in [4.69, 9.17) is 9.15 Å². The van der Waals surface area contributed by atoms with Crippen LogP contribution < -0.4 is 4.90 Å². The van der Waals surface area contributed by atoms with Crippen molar-refractivity contribution in [1.29, 1.82) is 0 Å². The van der Waals surface area contributed by atoms with Gasteiger partial charge in [0.25, 0.3) is 5.78 Å². The van der Waals surface area contributed by atoms with Gasteiger partial charge in [-0.3, -0.25) is 14.5 Å². The van der Waals surface area contributed by atoms with Crippen molar-refractivity contribution in [2.45, 2.75) is 26.8 Å². The highest BCUT2D eigenvalue weighted by atomic mass is 32.1. The van der Waals surface area contributed by atoms with Crippen molar-refractivity contribution in [3.63, 3.8) is 0 Å². The first-order chi connectivity index (χ1) is 15.3. The van der Waals surface area contributed by atoms with Gasteiger partial charge in [0.05, 0.1) is 24.1 Å². The second-order valence-electron chi connectivity index (χ2n) is 7.18. The number of nitrogens with zero attached hydrogens (tertiary/aromatic N) is 2. The fraction of sp³-hybridized carbons (Fsp3) is 0.217. The molecule has 0 radical (unpaired) electrons. The molecule has 1 unspecified atom stereocenters. The van der Waals surface area contributed by atoms with Gasteiger partial charge < -0.3 is 14.3 Å². The SMILES string of the molecule is CCOC(=O)c1sc(N2C(=O)C(=O)/C(=C(\O)c3ccc(C)cc3)C2c2ccco2)nc1C. The first-order valence-corrected chi connectivity index (χ1v) is 10.7. The zero-order valence-corrected chi connectivity index (χ0v) is 18.4. The molecule has 32 heavy (non-hydrogen) atoms. The summed E-state index contributed by atoms with van der Waals surface area (Å²) in [6.45, 7) is 5.41. The molecule has 1 saturated heterocycles. The van der Waals surface area contributed by atoms with Gasteiger partial charge in [-0.15, -0.1) is 0 Å². The molecule has 2 aromatic heterocycles. The van der Waals surface area contributed by atoms with Crippen LogP contribution in [0.25, 0.3) is 5.76 Å². The molecule has 1 aliphatic rings. The Balaban J connectivity index is 1.87. The number of hydrogen-bond donors (Lipinski definition) is 1. The van der Waals surface area contributed by atoms with Gasteiger partial charge in [0, 0.05) is 5.56 Å². The lowest BCUT2D eigenvalue weighted by Crippen LogP contribution is -2.29. The summed E-state index contributed by atoms with van der Waals surface area (Å²) >= 11 is 0.944. The number of furan rings is 1. The molecule has 1 fully saturated rings. The highest BCUT2D eigenvalue weighted by molar-refractivity contribution is 7.17.